The number of nitrogens with zero attached hydrogens (tertiary/aromatic N) is 4. The molecule has 1 aliphatic carbocycles. The zero-order valence-corrected chi connectivity index (χ0v) is 19.1. The van der Waals surface area contributed by atoms with Crippen molar-refractivity contribution in [2.24, 2.45) is 5.92 Å². The van der Waals surface area contributed by atoms with Crippen molar-refractivity contribution in [3.8, 4) is 11.6 Å². The first-order chi connectivity index (χ1) is 14.7. The molecule has 164 valence electrons. The fourth-order valence-electron chi connectivity index (χ4n) is 3.80. The van der Waals surface area contributed by atoms with Crippen molar-refractivity contribution in [1.82, 2.24) is 15.0 Å². The highest BCUT2D eigenvalue weighted by Crippen LogP contribution is 2.29. The molecule has 0 saturated heterocycles. The van der Waals surface area contributed by atoms with Crippen LogP contribution in [0.1, 0.15) is 38.3 Å². The second-order valence-corrected chi connectivity index (χ2v) is 8.43. The smallest absolute Gasteiger partial charge is 0.223 e. The van der Waals surface area contributed by atoms with Crippen LogP contribution in [0.3, 0.4) is 0 Å². The third-order valence-corrected chi connectivity index (χ3v) is 5.98. The Labute approximate surface area is 184 Å². The van der Waals surface area contributed by atoms with Crippen molar-refractivity contribution in [3.63, 3.8) is 0 Å². The van der Waals surface area contributed by atoms with Crippen LogP contribution in [-0.4, -0.2) is 53.8 Å². The molecular weight excluding hydrogens is 398 g/mol. The number of rotatable bonds is 12. The number of hydrogen-bond donors (Lipinski definition) is 1. The molecule has 1 aliphatic rings. The van der Waals surface area contributed by atoms with E-state index in [4.69, 9.17) is 14.5 Å². The predicted octanol–water partition coefficient (Wildman–Crippen LogP) is 4.25. The highest BCUT2D eigenvalue weighted by Gasteiger charge is 2.20. The molecule has 0 aromatic carbocycles. The summed E-state index contributed by atoms with van der Waals surface area (Å²) in [5.41, 5.74) is 2.09. The Kier molecular flexibility index (Phi) is 8.86. The number of thioether (sulfide) groups is 1. The number of ether oxygens (including phenoxy) is 2. The minimum atomic E-state index is 0.528. The minimum Gasteiger partial charge on any atom is -0.489 e. The van der Waals surface area contributed by atoms with Crippen molar-refractivity contribution >= 4 is 23.4 Å². The molecule has 1 fully saturated rings. The van der Waals surface area contributed by atoms with Gasteiger partial charge in [-0.1, -0.05) is 12.8 Å². The minimum absolute atomic E-state index is 0.528. The van der Waals surface area contributed by atoms with Gasteiger partial charge in [-0.25, -0.2) is 15.0 Å². The molecule has 0 atom stereocenters. The van der Waals surface area contributed by atoms with Crippen molar-refractivity contribution < 1.29 is 9.47 Å². The lowest BCUT2D eigenvalue weighted by Gasteiger charge is -2.28. The zero-order chi connectivity index (χ0) is 21.2. The molecule has 2 aromatic rings. The molecule has 2 heterocycles. The summed E-state index contributed by atoms with van der Waals surface area (Å²) >= 11 is 1.75. The summed E-state index contributed by atoms with van der Waals surface area (Å²) < 4.78 is 11.0. The summed E-state index contributed by atoms with van der Waals surface area (Å²) in [4.78, 5) is 15.9. The van der Waals surface area contributed by atoms with Gasteiger partial charge in [-0.05, 0) is 38.0 Å². The van der Waals surface area contributed by atoms with Gasteiger partial charge in [0.25, 0.3) is 0 Å². The number of hydrogen-bond acceptors (Lipinski definition) is 8. The first-order valence-corrected chi connectivity index (χ1v) is 12.1. The Morgan fingerprint density at radius 2 is 1.97 bits per heavy atom. The van der Waals surface area contributed by atoms with Gasteiger partial charge < -0.3 is 19.7 Å². The molecule has 3 rings (SSSR count). The van der Waals surface area contributed by atoms with Gasteiger partial charge in [0.1, 0.15) is 0 Å². The Balaban J connectivity index is 1.67. The SMILES string of the molecule is CCN(CC1CCCC1)c1ccc(OC)nc1CNc1ncc(OCCSC)cn1. The summed E-state index contributed by atoms with van der Waals surface area (Å²) in [6.45, 7) is 5.42. The van der Waals surface area contributed by atoms with Crippen molar-refractivity contribution in [2.75, 3.05) is 49.0 Å². The molecule has 0 bridgehead atoms. The van der Waals surface area contributed by atoms with Crippen LogP contribution in [0.15, 0.2) is 24.5 Å². The molecular formula is C22H33N5O2S. The van der Waals surface area contributed by atoms with E-state index in [1.165, 1.54) is 25.7 Å². The molecule has 1 N–H and O–H groups in total. The van der Waals surface area contributed by atoms with E-state index in [2.05, 4.69) is 39.4 Å². The van der Waals surface area contributed by atoms with E-state index < -0.39 is 0 Å². The zero-order valence-electron chi connectivity index (χ0n) is 18.3. The summed E-state index contributed by atoms with van der Waals surface area (Å²) in [6.07, 6.45) is 10.8. The average Bonchev–Trinajstić information content (AvgIpc) is 3.30. The van der Waals surface area contributed by atoms with Gasteiger partial charge >= 0.3 is 0 Å². The molecule has 0 aliphatic heterocycles. The van der Waals surface area contributed by atoms with Gasteiger partial charge in [0.05, 0.1) is 44.0 Å². The van der Waals surface area contributed by atoms with E-state index in [-0.39, 0.29) is 0 Å². The molecule has 0 radical (unpaired) electrons. The van der Waals surface area contributed by atoms with Gasteiger partial charge in [0.2, 0.25) is 11.8 Å². The Hall–Kier alpha value is -2.22. The topological polar surface area (TPSA) is 72.4 Å². The van der Waals surface area contributed by atoms with E-state index in [0.29, 0.717) is 30.7 Å². The molecule has 30 heavy (non-hydrogen) atoms. The van der Waals surface area contributed by atoms with Crippen molar-refractivity contribution in [3.05, 3.63) is 30.2 Å². The maximum Gasteiger partial charge on any atom is 0.223 e. The number of aromatic nitrogens is 3. The molecule has 1 saturated carbocycles. The molecule has 0 spiro atoms. The largest absolute Gasteiger partial charge is 0.489 e. The Morgan fingerprint density at radius 3 is 2.63 bits per heavy atom. The summed E-state index contributed by atoms with van der Waals surface area (Å²) in [7, 11) is 1.65. The van der Waals surface area contributed by atoms with Crippen LogP contribution in [0.2, 0.25) is 0 Å². The second-order valence-electron chi connectivity index (χ2n) is 7.45. The van der Waals surface area contributed by atoms with E-state index >= 15 is 0 Å². The van der Waals surface area contributed by atoms with Crippen LogP contribution in [0.5, 0.6) is 11.6 Å². The summed E-state index contributed by atoms with van der Waals surface area (Å²) in [5.74, 6) is 3.57. The summed E-state index contributed by atoms with van der Waals surface area (Å²) in [6, 6.07) is 4.05. The van der Waals surface area contributed by atoms with Crippen LogP contribution in [-0.2, 0) is 6.54 Å². The van der Waals surface area contributed by atoms with E-state index in [1.807, 2.05) is 6.07 Å². The lowest BCUT2D eigenvalue weighted by Crippen LogP contribution is -2.30. The monoisotopic (exact) mass is 431 g/mol. The number of methoxy groups -OCH3 is 1. The van der Waals surface area contributed by atoms with Gasteiger partial charge in [-0.3, -0.25) is 0 Å². The van der Waals surface area contributed by atoms with Crippen LogP contribution < -0.4 is 19.7 Å². The first-order valence-electron chi connectivity index (χ1n) is 10.7. The highest BCUT2D eigenvalue weighted by atomic mass is 32.2. The van der Waals surface area contributed by atoms with Gasteiger partial charge in [0, 0.05) is 24.9 Å². The lowest BCUT2D eigenvalue weighted by atomic mass is 10.1. The van der Waals surface area contributed by atoms with Gasteiger partial charge in [0.15, 0.2) is 5.75 Å². The molecule has 8 heteroatoms. The Morgan fingerprint density at radius 1 is 1.20 bits per heavy atom. The maximum atomic E-state index is 5.61. The van der Waals surface area contributed by atoms with Crippen molar-refractivity contribution in [1.29, 1.82) is 0 Å². The van der Waals surface area contributed by atoms with Crippen LogP contribution in [0.25, 0.3) is 0 Å². The van der Waals surface area contributed by atoms with E-state index in [0.717, 1.165) is 36.1 Å². The molecule has 0 unspecified atom stereocenters. The lowest BCUT2D eigenvalue weighted by molar-refractivity contribution is 0.341. The van der Waals surface area contributed by atoms with E-state index in [9.17, 15) is 0 Å². The fourth-order valence-corrected chi connectivity index (χ4v) is 4.05. The number of nitrogens with one attached hydrogen (secondary N) is 1. The van der Waals surface area contributed by atoms with Crippen LogP contribution in [0, 0.1) is 5.92 Å². The summed E-state index contributed by atoms with van der Waals surface area (Å²) in [5, 5.41) is 3.29. The maximum absolute atomic E-state index is 5.61. The van der Waals surface area contributed by atoms with Crippen molar-refractivity contribution in [2.45, 2.75) is 39.2 Å². The van der Waals surface area contributed by atoms with Gasteiger partial charge in [-0.2, -0.15) is 11.8 Å². The fraction of sp³-hybridized carbons (Fsp3) is 0.591. The standard InChI is InChI=1S/C22H33N5O2S/c1-4-27(16-17-7-5-6-8-17)20-9-10-21(28-2)26-19(20)15-25-22-23-13-18(14-24-22)29-11-12-30-3/h9-10,13-14,17H,4-8,11-12,15-16H2,1-3H3,(H,23,24,25). The van der Waals surface area contributed by atoms with E-state index in [1.54, 1.807) is 31.3 Å². The quantitative estimate of drug-likeness (QED) is 0.500. The third kappa shape index (κ3) is 6.39. The van der Waals surface area contributed by atoms with Crippen LogP contribution in [0.4, 0.5) is 11.6 Å². The predicted molar refractivity (Wildman–Crippen MR) is 124 cm³/mol. The average molecular weight is 432 g/mol. The molecule has 7 nitrogen and oxygen atoms in total. The number of anilines is 2. The van der Waals surface area contributed by atoms with Crippen LogP contribution >= 0.6 is 11.8 Å². The third-order valence-electron chi connectivity index (χ3n) is 5.41. The Bertz CT molecular complexity index is 769. The first kappa shape index (κ1) is 22.5. The molecule has 0 amide bonds. The molecule has 2 aromatic heterocycles. The highest BCUT2D eigenvalue weighted by molar-refractivity contribution is 7.98. The normalized spacial score (nSPS) is 14.0. The second kappa shape index (κ2) is 11.8. The van der Waals surface area contributed by atoms with Gasteiger partial charge in [-0.15, -0.1) is 0 Å². The number of pyridine rings is 1.